The molecule has 0 fully saturated rings. The number of benzene rings is 5. The molecular weight excluding hydrogens is 692 g/mol. The number of aromatic hydroxyl groups is 2. The molecule has 3 aliphatic rings. The number of phenols is 2. The normalized spacial score (nSPS) is 14.8. The highest BCUT2D eigenvalue weighted by Crippen LogP contribution is 2.57. The average Bonchev–Trinajstić information content (AvgIpc) is 3.64. The Morgan fingerprint density at radius 1 is 0.815 bits per heavy atom. The van der Waals surface area contributed by atoms with Crippen molar-refractivity contribution in [2.24, 2.45) is 5.73 Å². The third kappa shape index (κ3) is 5.58. The maximum Gasteiger partial charge on any atom is 0.407 e. The van der Waals surface area contributed by atoms with Crippen LogP contribution >= 0.6 is 0 Å². The monoisotopic (exact) mass is 726 g/mol. The number of rotatable bonds is 10. The van der Waals surface area contributed by atoms with Gasteiger partial charge in [-0.3, -0.25) is 4.79 Å². The van der Waals surface area contributed by atoms with Gasteiger partial charge in [0.1, 0.15) is 29.6 Å². The van der Waals surface area contributed by atoms with Crippen molar-refractivity contribution in [3.8, 4) is 34.1 Å². The number of carbonyl (C=O) groups excluding carboxylic acids is 3. The van der Waals surface area contributed by atoms with Crippen molar-refractivity contribution >= 4 is 23.8 Å². The largest absolute Gasteiger partial charge is 0.508 e. The molecular formula is C42H34N2O10. The summed E-state index contributed by atoms with van der Waals surface area (Å²) in [4.78, 5) is 54.8. The van der Waals surface area contributed by atoms with Gasteiger partial charge >= 0.3 is 18.0 Å². The molecule has 12 nitrogen and oxygen atoms in total. The van der Waals surface area contributed by atoms with E-state index in [2.05, 4.69) is 5.32 Å². The van der Waals surface area contributed by atoms with Gasteiger partial charge in [-0.15, -0.1) is 0 Å². The topological polar surface area (TPSA) is 195 Å². The highest BCUT2D eigenvalue weighted by atomic mass is 16.6. The molecule has 0 bridgehead atoms. The summed E-state index contributed by atoms with van der Waals surface area (Å²) in [6.07, 6.45) is 0.211. The van der Waals surface area contributed by atoms with Gasteiger partial charge in [-0.05, 0) is 84.5 Å². The molecule has 1 amide bonds. The fourth-order valence-electron chi connectivity index (χ4n) is 7.87. The first-order chi connectivity index (χ1) is 26.1. The quantitative estimate of drug-likeness (QED) is 0.0592. The fraction of sp³-hybridized carbons (Fsp3) is 0.190. The van der Waals surface area contributed by atoms with E-state index in [0.29, 0.717) is 19.4 Å². The summed E-state index contributed by atoms with van der Waals surface area (Å²) in [5.74, 6) is -3.42. The van der Waals surface area contributed by atoms with Crippen LogP contribution in [0.25, 0.3) is 11.1 Å². The van der Waals surface area contributed by atoms with E-state index in [-0.39, 0.29) is 75.3 Å². The molecule has 5 aromatic rings. The van der Waals surface area contributed by atoms with E-state index in [0.717, 1.165) is 28.3 Å². The number of alkyl carbamates (subject to hydrolysis) is 1. The second-order valence-electron chi connectivity index (χ2n) is 13.5. The summed E-state index contributed by atoms with van der Waals surface area (Å²) in [6.45, 7) is 0.324. The maximum absolute atomic E-state index is 14.6. The van der Waals surface area contributed by atoms with E-state index in [1.807, 2.05) is 48.5 Å². The van der Waals surface area contributed by atoms with Crippen LogP contribution in [0.5, 0.6) is 23.0 Å². The first kappa shape index (κ1) is 34.4. The molecule has 0 radical (unpaired) electrons. The molecule has 12 heteroatoms. The number of hydrogen-bond donors (Lipinski definition) is 5. The third-order valence-electron chi connectivity index (χ3n) is 10.3. The molecule has 2 aliphatic heterocycles. The fourth-order valence-corrected chi connectivity index (χ4v) is 7.87. The molecule has 1 aliphatic carbocycles. The molecule has 0 unspecified atom stereocenters. The first-order valence-electron chi connectivity index (χ1n) is 17.5. The highest BCUT2D eigenvalue weighted by molar-refractivity contribution is 6.13. The predicted molar refractivity (Wildman–Crippen MR) is 194 cm³/mol. The smallest absolute Gasteiger partial charge is 0.407 e. The minimum Gasteiger partial charge on any atom is -0.508 e. The van der Waals surface area contributed by atoms with Crippen LogP contribution in [0.2, 0.25) is 0 Å². The Morgan fingerprint density at radius 2 is 1.43 bits per heavy atom. The summed E-state index contributed by atoms with van der Waals surface area (Å²) in [5, 5.41) is 33.6. The van der Waals surface area contributed by atoms with E-state index < -0.39 is 35.5 Å². The van der Waals surface area contributed by atoms with E-state index in [1.54, 1.807) is 0 Å². The molecule has 2 heterocycles. The molecule has 0 saturated heterocycles. The summed E-state index contributed by atoms with van der Waals surface area (Å²) in [6, 6.07) is 25.2. The SMILES string of the molecule is NCCCC[C@H](NC(=O)OCC1c2ccccc2-c2ccccc21)C(=O)c1cc(C(=O)O)cc2c1C(=O)OC21c2ccc(O)cc2Oc2cc(O)ccc21. The van der Waals surface area contributed by atoms with E-state index >= 15 is 0 Å². The van der Waals surface area contributed by atoms with Gasteiger partial charge in [0.2, 0.25) is 0 Å². The number of carboxylic acids is 1. The number of esters is 1. The van der Waals surface area contributed by atoms with Gasteiger partial charge in [0, 0.05) is 40.3 Å². The van der Waals surface area contributed by atoms with Crippen molar-refractivity contribution in [2.75, 3.05) is 13.2 Å². The number of carbonyl (C=O) groups is 4. The molecule has 54 heavy (non-hydrogen) atoms. The van der Waals surface area contributed by atoms with E-state index in [9.17, 15) is 34.5 Å². The lowest BCUT2D eigenvalue weighted by Crippen LogP contribution is -2.42. The van der Waals surface area contributed by atoms with Gasteiger partial charge in [-0.2, -0.15) is 0 Å². The number of fused-ring (bicyclic) bond motifs is 9. The van der Waals surface area contributed by atoms with Crippen LogP contribution < -0.4 is 15.8 Å². The Labute approximate surface area is 308 Å². The molecule has 5 aromatic carbocycles. The van der Waals surface area contributed by atoms with Crippen LogP contribution in [-0.2, 0) is 15.1 Å². The van der Waals surface area contributed by atoms with Crippen LogP contribution in [0, 0.1) is 0 Å². The number of phenolic OH excluding ortho intramolecular Hbond substituents is 2. The molecule has 8 rings (SSSR count). The van der Waals surface area contributed by atoms with Crippen molar-refractivity contribution in [3.63, 3.8) is 0 Å². The number of hydrogen-bond acceptors (Lipinski definition) is 10. The van der Waals surface area contributed by atoms with Crippen molar-refractivity contribution in [3.05, 3.63) is 142 Å². The van der Waals surface area contributed by atoms with Crippen LogP contribution in [-0.4, -0.2) is 58.3 Å². The van der Waals surface area contributed by atoms with Crippen molar-refractivity contribution in [1.82, 2.24) is 5.32 Å². The third-order valence-corrected chi connectivity index (χ3v) is 10.3. The summed E-state index contributed by atoms with van der Waals surface area (Å²) >= 11 is 0. The average molecular weight is 727 g/mol. The van der Waals surface area contributed by atoms with Crippen LogP contribution in [0.1, 0.15) is 84.1 Å². The van der Waals surface area contributed by atoms with Gasteiger partial charge in [0.05, 0.1) is 17.2 Å². The van der Waals surface area contributed by atoms with E-state index in [4.69, 9.17) is 19.9 Å². The van der Waals surface area contributed by atoms with Crippen LogP contribution in [0.3, 0.4) is 0 Å². The summed E-state index contributed by atoms with van der Waals surface area (Å²) in [7, 11) is 0. The highest BCUT2D eigenvalue weighted by Gasteiger charge is 2.55. The number of amides is 1. The Kier molecular flexibility index (Phi) is 8.54. The lowest BCUT2D eigenvalue weighted by molar-refractivity contribution is 0.0223. The number of unbranched alkanes of at least 4 members (excludes halogenated alkanes) is 1. The number of nitrogens with one attached hydrogen (secondary N) is 1. The molecule has 1 spiro atoms. The summed E-state index contributed by atoms with van der Waals surface area (Å²) in [5.41, 5.74) is 7.83. The number of carboxylic acid groups (broad SMARTS) is 1. The molecule has 272 valence electrons. The van der Waals surface area contributed by atoms with Gasteiger partial charge in [-0.1, -0.05) is 48.5 Å². The maximum atomic E-state index is 14.6. The van der Waals surface area contributed by atoms with Crippen molar-refractivity contribution in [2.45, 2.75) is 36.8 Å². The lowest BCUT2D eigenvalue weighted by Gasteiger charge is -2.36. The minimum atomic E-state index is -1.83. The summed E-state index contributed by atoms with van der Waals surface area (Å²) < 4.78 is 17.9. The van der Waals surface area contributed by atoms with Gasteiger partial charge < -0.3 is 40.6 Å². The second kappa shape index (κ2) is 13.4. The zero-order chi connectivity index (χ0) is 37.7. The number of ether oxygens (including phenoxy) is 3. The van der Waals surface area contributed by atoms with Crippen molar-refractivity contribution in [1.29, 1.82) is 0 Å². The second-order valence-corrected chi connectivity index (χ2v) is 13.5. The molecule has 1 atom stereocenters. The van der Waals surface area contributed by atoms with Crippen LogP contribution in [0.4, 0.5) is 4.79 Å². The zero-order valence-corrected chi connectivity index (χ0v) is 28.7. The van der Waals surface area contributed by atoms with Gasteiger partial charge in [0.15, 0.2) is 11.4 Å². The standard InChI is InChI=1S/C42H34N2O10/c43-16-6-5-11-34(44-41(51)52-21-30-27-9-3-1-7-25(27)26-8-2-4-10-28(26)30)38(47)29-17-22(39(48)49)18-33-37(29)40(50)54-42(33)31-14-12-23(45)19-35(31)53-36-20-24(46)13-15-32(36)42/h1-4,7-10,12-15,17-20,30,34,45-46H,5-6,11,16,21,43H2,(H,44,51)(H,48,49)/t34-/m0/s1. The lowest BCUT2D eigenvalue weighted by atomic mass is 9.76. The number of nitrogens with two attached hydrogens (primary N) is 1. The number of ketones is 1. The van der Waals surface area contributed by atoms with E-state index in [1.165, 1.54) is 42.5 Å². The molecule has 0 saturated carbocycles. The molecule has 0 aromatic heterocycles. The number of aromatic carboxylic acids is 1. The predicted octanol–water partition coefficient (Wildman–Crippen LogP) is 6.58. The Bertz CT molecular complexity index is 2290. The Hall–Kier alpha value is -6.66. The Balaban J connectivity index is 1.17. The van der Waals surface area contributed by atoms with Gasteiger partial charge in [0.25, 0.3) is 0 Å². The minimum absolute atomic E-state index is 0.00564. The molecule has 6 N–H and O–H groups in total. The number of Topliss-reactive ketones (excluding diaryl/α,β-unsaturated/α-hetero) is 1. The first-order valence-corrected chi connectivity index (χ1v) is 17.5. The Morgan fingerprint density at radius 3 is 2.02 bits per heavy atom. The van der Waals surface area contributed by atoms with Gasteiger partial charge in [-0.25, -0.2) is 14.4 Å². The van der Waals surface area contributed by atoms with Crippen LogP contribution in [0.15, 0.2) is 97.1 Å². The van der Waals surface area contributed by atoms with Crippen molar-refractivity contribution < 1.29 is 48.7 Å². The zero-order valence-electron chi connectivity index (χ0n) is 28.7.